The molecule has 0 amide bonds. The summed E-state index contributed by atoms with van der Waals surface area (Å²) in [6.07, 6.45) is 4.00. The third-order valence-corrected chi connectivity index (χ3v) is 2.35. The monoisotopic (exact) mass is 228 g/mol. The number of rotatable bonds is 2. The number of nitrogens with zero attached hydrogens (tertiary/aromatic N) is 5. The molecule has 0 aliphatic carbocycles. The zero-order valence-electron chi connectivity index (χ0n) is 8.95. The molecule has 7 nitrogen and oxygen atoms in total. The first-order chi connectivity index (χ1) is 8.28. The van der Waals surface area contributed by atoms with E-state index in [1.807, 2.05) is 0 Å². The van der Waals surface area contributed by atoms with Gasteiger partial charge in [-0.2, -0.15) is 10.2 Å². The lowest BCUT2D eigenvalue weighted by Gasteiger charge is -2.02. The van der Waals surface area contributed by atoms with E-state index in [-0.39, 0.29) is 0 Å². The highest BCUT2D eigenvalue weighted by Crippen LogP contribution is 2.16. The van der Waals surface area contributed by atoms with E-state index in [9.17, 15) is 4.79 Å². The predicted molar refractivity (Wildman–Crippen MR) is 58.9 cm³/mol. The third-order valence-electron chi connectivity index (χ3n) is 2.35. The number of fused-ring (bicyclic) bond motifs is 1. The van der Waals surface area contributed by atoms with Gasteiger partial charge in [0.1, 0.15) is 11.5 Å². The van der Waals surface area contributed by atoms with Gasteiger partial charge in [-0.3, -0.25) is 9.89 Å². The van der Waals surface area contributed by atoms with E-state index in [0.717, 1.165) is 5.39 Å². The molecule has 3 heterocycles. The number of carbonyl (C=O) groups excluding carboxylic acids is 1. The van der Waals surface area contributed by atoms with Gasteiger partial charge in [-0.25, -0.2) is 14.6 Å². The third kappa shape index (κ3) is 1.48. The summed E-state index contributed by atoms with van der Waals surface area (Å²) >= 11 is 0. The molecule has 0 aliphatic heterocycles. The van der Waals surface area contributed by atoms with Crippen molar-refractivity contribution in [3.8, 4) is 5.82 Å². The molecule has 3 rings (SSSR count). The van der Waals surface area contributed by atoms with Crippen LogP contribution in [0, 0.1) is 6.92 Å². The SMILES string of the molecule is Cc1nc(-n2ccc(C=O)n2)c2cn[nH]c2n1. The summed E-state index contributed by atoms with van der Waals surface area (Å²) in [5.74, 6) is 1.22. The quantitative estimate of drug-likeness (QED) is 0.651. The number of nitrogens with one attached hydrogen (secondary N) is 1. The molecular weight excluding hydrogens is 220 g/mol. The smallest absolute Gasteiger partial charge is 0.170 e. The van der Waals surface area contributed by atoms with E-state index in [0.29, 0.717) is 29.3 Å². The highest BCUT2D eigenvalue weighted by atomic mass is 16.1. The molecule has 0 aliphatic rings. The van der Waals surface area contributed by atoms with Crippen LogP contribution in [0.2, 0.25) is 0 Å². The molecule has 17 heavy (non-hydrogen) atoms. The molecule has 1 N–H and O–H groups in total. The fraction of sp³-hybridized carbons (Fsp3) is 0.100. The van der Waals surface area contributed by atoms with Crippen molar-refractivity contribution < 1.29 is 4.79 Å². The molecule has 0 saturated heterocycles. The van der Waals surface area contributed by atoms with Gasteiger partial charge in [-0.1, -0.05) is 0 Å². The first-order valence-corrected chi connectivity index (χ1v) is 4.97. The number of aromatic amines is 1. The second-order valence-corrected chi connectivity index (χ2v) is 3.53. The Morgan fingerprint density at radius 2 is 2.29 bits per heavy atom. The van der Waals surface area contributed by atoms with Crippen molar-refractivity contribution in [1.29, 1.82) is 0 Å². The zero-order chi connectivity index (χ0) is 11.8. The van der Waals surface area contributed by atoms with Crippen molar-refractivity contribution in [1.82, 2.24) is 29.9 Å². The Balaban J connectivity index is 2.28. The summed E-state index contributed by atoms with van der Waals surface area (Å²) in [5, 5.41) is 11.5. The van der Waals surface area contributed by atoms with E-state index in [2.05, 4.69) is 25.3 Å². The maximum absolute atomic E-state index is 10.6. The van der Waals surface area contributed by atoms with Crippen LogP contribution >= 0.6 is 0 Å². The van der Waals surface area contributed by atoms with Crippen LogP contribution in [-0.2, 0) is 0 Å². The van der Waals surface area contributed by atoms with E-state index < -0.39 is 0 Å². The summed E-state index contributed by atoms with van der Waals surface area (Å²) in [6, 6.07) is 1.62. The minimum atomic E-state index is 0.359. The second-order valence-electron chi connectivity index (χ2n) is 3.53. The Labute approximate surface area is 95.5 Å². The van der Waals surface area contributed by atoms with Crippen LogP contribution in [0.1, 0.15) is 16.3 Å². The second kappa shape index (κ2) is 3.48. The highest BCUT2D eigenvalue weighted by molar-refractivity contribution is 5.81. The van der Waals surface area contributed by atoms with Crippen molar-refractivity contribution in [2.24, 2.45) is 0 Å². The molecule has 0 aromatic carbocycles. The first kappa shape index (κ1) is 9.64. The van der Waals surface area contributed by atoms with Crippen LogP contribution in [0.25, 0.3) is 16.9 Å². The zero-order valence-corrected chi connectivity index (χ0v) is 8.95. The number of carbonyl (C=O) groups is 1. The number of aryl methyl sites for hydroxylation is 1. The van der Waals surface area contributed by atoms with Crippen LogP contribution in [0.15, 0.2) is 18.5 Å². The van der Waals surface area contributed by atoms with Gasteiger partial charge in [0.05, 0.1) is 11.6 Å². The van der Waals surface area contributed by atoms with Gasteiger partial charge in [-0.15, -0.1) is 0 Å². The summed E-state index contributed by atoms with van der Waals surface area (Å²) < 4.78 is 1.54. The lowest BCUT2D eigenvalue weighted by molar-refractivity contribution is 0.111. The van der Waals surface area contributed by atoms with Crippen LogP contribution in [0.3, 0.4) is 0 Å². The van der Waals surface area contributed by atoms with Crippen molar-refractivity contribution >= 4 is 17.3 Å². The van der Waals surface area contributed by atoms with Crippen molar-refractivity contribution in [3.05, 3.63) is 30.0 Å². The van der Waals surface area contributed by atoms with Crippen molar-refractivity contribution in [2.75, 3.05) is 0 Å². The summed E-state index contributed by atoms with van der Waals surface area (Å²) in [7, 11) is 0. The maximum atomic E-state index is 10.6. The van der Waals surface area contributed by atoms with Gasteiger partial charge in [0.2, 0.25) is 0 Å². The van der Waals surface area contributed by atoms with Gasteiger partial charge in [0.15, 0.2) is 17.8 Å². The number of aromatic nitrogens is 6. The van der Waals surface area contributed by atoms with Gasteiger partial charge in [0.25, 0.3) is 0 Å². The minimum absolute atomic E-state index is 0.359. The van der Waals surface area contributed by atoms with Crippen LogP contribution in [0.5, 0.6) is 0 Å². The lowest BCUT2D eigenvalue weighted by Crippen LogP contribution is -2.02. The molecule has 0 saturated carbocycles. The van der Waals surface area contributed by atoms with Crippen LogP contribution in [0.4, 0.5) is 0 Å². The topological polar surface area (TPSA) is 89.4 Å². The molecule has 0 bridgehead atoms. The summed E-state index contributed by atoms with van der Waals surface area (Å²) in [5.41, 5.74) is 1.01. The van der Waals surface area contributed by atoms with E-state index in [1.165, 1.54) is 4.68 Å². The fourth-order valence-corrected chi connectivity index (χ4v) is 1.62. The Morgan fingerprint density at radius 3 is 3.06 bits per heavy atom. The van der Waals surface area contributed by atoms with E-state index >= 15 is 0 Å². The average Bonchev–Trinajstić information content (AvgIpc) is 2.95. The summed E-state index contributed by atoms with van der Waals surface area (Å²) in [4.78, 5) is 19.1. The van der Waals surface area contributed by atoms with Crippen LogP contribution < -0.4 is 0 Å². The molecule has 0 fully saturated rings. The number of hydrogen-bond donors (Lipinski definition) is 1. The van der Waals surface area contributed by atoms with E-state index in [4.69, 9.17) is 0 Å². The molecule has 0 unspecified atom stereocenters. The Hall–Kier alpha value is -2.57. The number of aldehydes is 1. The average molecular weight is 228 g/mol. The largest absolute Gasteiger partial charge is 0.296 e. The molecule has 3 aromatic rings. The minimum Gasteiger partial charge on any atom is -0.296 e. The normalized spacial score (nSPS) is 10.9. The Kier molecular flexibility index (Phi) is 1.97. The number of hydrogen-bond acceptors (Lipinski definition) is 5. The van der Waals surface area contributed by atoms with Crippen molar-refractivity contribution in [3.63, 3.8) is 0 Å². The molecule has 3 aromatic heterocycles. The first-order valence-electron chi connectivity index (χ1n) is 4.97. The van der Waals surface area contributed by atoms with Crippen LogP contribution in [-0.4, -0.2) is 36.2 Å². The van der Waals surface area contributed by atoms with Gasteiger partial charge in [0, 0.05) is 6.20 Å². The molecule has 0 atom stereocenters. The van der Waals surface area contributed by atoms with Crippen molar-refractivity contribution in [2.45, 2.75) is 6.92 Å². The Morgan fingerprint density at radius 1 is 1.41 bits per heavy atom. The van der Waals surface area contributed by atoms with E-state index in [1.54, 1.807) is 25.4 Å². The number of H-pyrrole nitrogens is 1. The molecule has 84 valence electrons. The fourth-order valence-electron chi connectivity index (χ4n) is 1.62. The highest BCUT2D eigenvalue weighted by Gasteiger charge is 2.10. The van der Waals surface area contributed by atoms with Gasteiger partial charge >= 0.3 is 0 Å². The van der Waals surface area contributed by atoms with Gasteiger partial charge < -0.3 is 0 Å². The van der Waals surface area contributed by atoms with Gasteiger partial charge in [-0.05, 0) is 13.0 Å². The Bertz CT molecular complexity index is 698. The molecule has 0 spiro atoms. The lowest BCUT2D eigenvalue weighted by atomic mass is 10.4. The molecular formula is C10H8N6O. The maximum Gasteiger partial charge on any atom is 0.170 e. The predicted octanol–water partition coefficient (Wildman–Crippen LogP) is 0.660. The summed E-state index contributed by atoms with van der Waals surface area (Å²) in [6.45, 7) is 1.79. The molecule has 7 heteroatoms. The standard InChI is InChI=1S/C10H8N6O/c1-6-12-9-8(4-11-14-9)10(13-6)16-3-2-7(5-17)15-16/h2-5H,1H3,(H,11,12,13,14). The molecule has 0 radical (unpaired) electrons.